The highest BCUT2D eigenvalue weighted by atomic mass is 32.2. The van der Waals surface area contributed by atoms with Gasteiger partial charge in [0.25, 0.3) is 0 Å². The number of pyridine rings is 1. The van der Waals surface area contributed by atoms with Crippen LogP contribution in [-0.4, -0.2) is 42.0 Å². The molecule has 0 aliphatic carbocycles. The van der Waals surface area contributed by atoms with Crippen molar-refractivity contribution in [1.82, 2.24) is 9.29 Å². The lowest BCUT2D eigenvalue weighted by Gasteiger charge is -2.33. The molecule has 1 aromatic heterocycles. The van der Waals surface area contributed by atoms with Crippen molar-refractivity contribution in [2.45, 2.75) is 32.2 Å². The van der Waals surface area contributed by atoms with Crippen LogP contribution in [0, 0.1) is 6.92 Å². The van der Waals surface area contributed by atoms with Crippen LogP contribution in [0.15, 0.2) is 18.5 Å². The maximum Gasteiger partial charge on any atom is 0.302 e. The predicted octanol–water partition coefficient (Wildman–Crippen LogP) is 0.894. The van der Waals surface area contributed by atoms with E-state index in [1.54, 1.807) is 12.3 Å². The lowest BCUT2D eigenvalue weighted by atomic mass is 10.1. The van der Waals surface area contributed by atoms with Gasteiger partial charge in [0.15, 0.2) is 0 Å². The van der Waals surface area contributed by atoms with Crippen LogP contribution in [0.4, 0.5) is 5.69 Å². The third-order valence-corrected chi connectivity index (χ3v) is 4.95. The molecule has 0 bridgehead atoms. The zero-order valence-corrected chi connectivity index (χ0v) is 11.7. The summed E-state index contributed by atoms with van der Waals surface area (Å²) in [5.41, 5.74) is 1.29. The van der Waals surface area contributed by atoms with Crippen LogP contribution in [0.25, 0.3) is 0 Å². The molecule has 7 heteroatoms. The van der Waals surface area contributed by atoms with Crippen molar-refractivity contribution >= 4 is 15.9 Å². The fraction of sp³-hybridized carbons (Fsp3) is 0.583. The van der Waals surface area contributed by atoms with Crippen molar-refractivity contribution in [1.29, 1.82) is 0 Å². The van der Waals surface area contributed by atoms with Gasteiger partial charge in [-0.05, 0) is 31.4 Å². The van der Waals surface area contributed by atoms with Gasteiger partial charge in [0.2, 0.25) is 0 Å². The van der Waals surface area contributed by atoms with Gasteiger partial charge >= 0.3 is 10.2 Å². The molecule has 106 valence electrons. The molecule has 0 aromatic carbocycles. The topological polar surface area (TPSA) is 82.5 Å². The second-order valence-electron chi connectivity index (χ2n) is 4.74. The number of nitrogens with zero attached hydrogens (tertiary/aromatic N) is 2. The molecule has 0 amide bonds. The molecular weight excluding hydrogens is 266 g/mol. The average molecular weight is 285 g/mol. The van der Waals surface area contributed by atoms with Crippen LogP contribution in [0.5, 0.6) is 0 Å². The normalized spacial score (nSPS) is 21.3. The first kappa shape index (κ1) is 14.2. The van der Waals surface area contributed by atoms with E-state index in [9.17, 15) is 13.5 Å². The van der Waals surface area contributed by atoms with Gasteiger partial charge in [0.05, 0.1) is 18.5 Å². The third kappa shape index (κ3) is 3.23. The van der Waals surface area contributed by atoms with Crippen LogP contribution in [0.2, 0.25) is 0 Å². The molecule has 2 rings (SSSR count). The maximum absolute atomic E-state index is 12.4. The first-order chi connectivity index (χ1) is 9.04. The summed E-state index contributed by atoms with van der Waals surface area (Å²) in [5.74, 6) is 0. The van der Waals surface area contributed by atoms with Crippen LogP contribution >= 0.6 is 0 Å². The van der Waals surface area contributed by atoms with Crippen molar-refractivity contribution in [3.05, 3.63) is 24.0 Å². The van der Waals surface area contributed by atoms with E-state index in [2.05, 4.69) is 9.71 Å². The van der Waals surface area contributed by atoms with E-state index < -0.39 is 10.2 Å². The van der Waals surface area contributed by atoms with Gasteiger partial charge in [0, 0.05) is 18.8 Å². The molecule has 0 saturated carbocycles. The van der Waals surface area contributed by atoms with E-state index in [4.69, 9.17) is 0 Å². The summed E-state index contributed by atoms with van der Waals surface area (Å²) in [6, 6.07) is 1.42. The summed E-state index contributed by atoms with van der Waals surface area (Å²) in [6.45, 7) is 2.12. The first-order valence-corrected chi connectivity index (χ1v) is 7.79. The van der Waals surface area contributed by atoms with Gasteiger partial charge in [-0.15, -0.1) is 0 Å². The second kappa shape index (κ2) is 5.85. The van der Waals surface area contributed by atoms with E-state index in [0.29, 0.717) is 18.7 Å². The predicted molar refractivity (Wildman–Crippen MR) is 72.9 cm³/mol. The van der Waals surface area contributed by atoms with E-state index in [1.165, 1.54) is 10.5 Å². The molecule has 0 radical (unpaired) electrons. The number of piperidine rings is 1. The standard InChI is InChI=1S/C12H19N3O3S/c1-10-5-6-13-8-12(10)14-19(17,18)15-7-3-2-4-11(15)9-16/h5-6,8,11,14,16H,2-4,7,9H2,1H3. The van der Waals surface area contributed by atoms with Gasteiger partial charge in [0.1, 0.15) is 0 Å². The zero-order valence-electron chi connectivity index (χ0n) is 10.9. The molecule has 1 fully saturated rings. The SMILES string of the molecule is Cc1ccncc1NS(=O)(=O)N1CCCCC1CO. The number of aryl methyl sites for hydroxylation is 1. The molecule has 1 aliphatic rings. The highest BCUT2D eigenvalue weighted by molar-refractivity contribution is 7.90. The fourth-order valence-electron chi connectivity index (χ4n) is 2.24. The summed E-state index contributed by atoms with van der Waals surface area (Å²) in [6.07, 6.45) is 5.57. The molecule has 1 unspecified atom stereocenters. The molecule has 1 atom stereocenters. The zero-order chi connectivity index (χ0) is 13.9. The average Bonchev–Trinajstić information content (AvgIpc) is 2.41. The molecular formula is C12H19N3O3S. The van der Waals surface area contributed by atoms with Crippen LogP contribution in [0.1, 0.15) is 24.8 Å². The molecule has 1 saturated heterocycles. The molecule has 6 nitrogen and oxygen atoms in total. The number of rotatable bonds is 4. The number of nitrogens with one attached hydrogen (secondary N) is 1. The Labute approximate surface area is 113 Å². The Kier molecular flexibility index (Phi) is 4.38. The summed E-state index contributed by atoms with van der Waals surface area (Å²) in [7, 11) is -3.64. The smallest absolute Gasteiger partial charge is 0.302 e. The van der Waals surface area contributed by atoms with E-state index >= 15 is 0 Å². The number of aromatic nitrogens is 1. The van der Waals surface area contributed by atoms with Crippen molar-refractivity contribution in [2.24, 2.45) is 0 Å². The van der Waals surface area contributed by atoms with Crippen LogP contribution in [0.3, 0.4) is 0 Å². The summed E-state index contributed by atoms with van der Waals surface area (Å²) >= 11 is 0. The highest BCUT2D eigenvalue weighted by Gasteiger charge is 2.32. The Bertz CT molecular complexity index is 533. The van der Waals surface area contributed by atoms with Crippen molar-refractivity contribution in [2.75, 3.05) is 17.9 Å². The monoisotopic (exact) mass is 285 g/mol. The molecule has 19 heavy (non-hydrogen) atoms. The third-order valence-electron chi connectivity index (χ3n) is 3.37. The minimum atomic E-state index is -3.64. The van der Waals surface area contributed by atoms with Gasteiger partial charge in [-0.1, -0.05) is 6.42 Å². The maximum atomic E-state index is 12.4. The Balaban J connectivity index is 2.20. The quantitative estimate of drug-likeness (QED) is 0.861. The highest BCUT2D eigenvalue weighted by Crippen LogP contribution is 2.22. The Morgan fingerprint density at radius 3 is 3.00 bits per heavy atom. The van der Waals surface area contributed by atoms with Gasteiger partial charge in [-0.25, -0.2) is 0 Å². The minimum absolute atomic E-state index is 0.146. The lowest BCUT2D eigenvalue weighted by molar-refractivity contribution is 0.156. The number of aliphatic hydroxyl groups is 1. The molecule has 2 N–H and O–H groups in total. The molecule has 1 aliphatic heterocycles. The first-order valence-electron chi connectivity index (χ1n) is 6.35. The second-order valence-corrected chi connectivity index (χ2v) is 6.36. The van der Waals surface area contributed by atoms with Crippen molar-refractivity contribution in [3.63, 3.8) is 0 Å². The van der Waals surface area contributed by atoms with Gasteiger partial charge < -0.3 is 5.11 Å². The van der Waals surface area contributed by atoms with Crippen LogP contribution < -0.4 is 4.72 Å². The number of anilines is 1. The number of aliphatic hydroxyl groups excluding tert-OH is 1. The Morgan fingerprint density at radius 2 is 2.32 bits per heavy atom. The van der Waals surface area contributed by atoms with Crippen LogP contribution in [-0.2, 0) is 10.2 Å². The van der Waals surface area contributed by atoms with E-state index in [1.807, 2.05) is 6.92 Å². The number of hydrogen-bond acceptors (Lipinski definition) is 4. The summed E-state index contributed by atoms with van der Waals surface area (Å²) in [4.78, 5) is 3.92. The molecule has 0 spiro atoms. The minimum Gasteiger partial charge on any atom is -0.395 e. The summed E-state index contributed by atoms with van der Waals surface area (Å²) < 4.78 is 28.6. The molecule has 2 heterocycles. The van der Waals surface area contributed by atoms with Gasteiger partial charge in [-0.3, -0.25) is 9.71 Å². The van der Waals surface area contributed by atoms with Gasteiger partial charge in [-0.2, -0.15) is 12.7 Å². The molecule has 1 aromatic rings. The Hall–Kier alpha value is -1.18. The lowest BCUT2D eigenvalue weighted by Crippen LogP contribution is -2.48. The van der Waals surface area contributed by atoms with E-state index in [-0.39, 0.29) is 12.6 Å². The largest absolute Gasteiger partial charge is 0.395 e. The van der Waals surface area contributed by atoms with Crippen molar-refractivity contribution < 1.29 is 13.5 Å². The van der Waals surface area contributed by atoms with E-state index in [0.717, 1.165) is 18.4 Å². The fourth-order valence-corrected chi connectivity index (χ4v) is 3.78. The Morgan fingerprint density at radius 1 is 1.53 bits per heavy atom. The summed E-state index contributed by atoms with van der Waals surface area (Å²) in [5, 5.41) is 9.30. The van der Waals surface area contributed by atoms with Crippen molar-refractivity contribution in [3.8, 4) is 0 Å². The number of hydrogen-bond donors (Lipinski definition) is 2.